The van der Waals surface area contributed by atoms with Gasteiger partial charge in [0.25, 0.3) is 11.6 Å². The van der Waals surface area contributed by atoms with Crippen LogP contribution in [0.4, 0.5) is 5.69 Å². The van der Waals surface area contributed by atoms with Gasteiger partial charge in [-0.2, -0.15) is 0 Å². The summed E-state index contributed by atoms with van der Waals surface area (Å²) in [5, 5.41) is 10.9. The molecule has 1 saturated heterocycles. The van der Waals surface area contributed by atoms with E-state index in [1.54, 1.807) is 13.8 Å². The second-order valence-electron chi connectivity index (χ2n) is 6.07. The molecule has 10 heteroatoms. The number of esters is 1. The molecule has 0 aliphatic carbocycles. The Bertz CT molecular complexity index is 835. The molecule has 1 aliphatic rings. The molecule has 1 heterocycles. The van der Waals surface area contributed by atoms with Crippen molar-refractivity contribution in [3.05, 3.63) is 39.4 Å². The third kappa shape index (κ3) is 4.57. The van der Waals surface area contributed by atoms with E-state index >= 15 is 0 Å². The number of hydrogen-bond donors (Lipinski definition) is 0. The van der Waals surface area contributed by atoms with Crippen molar-refractivity contribution in [2.45, 2.75) is 26.3 Å². The van der Waals surface area contributed by atoms with Gasteiger partial charge >= 0.3 is 5.97 Å². The minimum absolute atomic E-state index is 0.0263. The number of nitrogens with zero attached hydrogens (tertiary/aromatic N) is 2. The Kier molecular flexibility index (Phi) is 5.96. The first-order valence-electron chi connectivity index (χ1n) is 8.06. The minimum Gasteiger partial charge on any atom is -0.452 e. The maximum Gasteiger partial charge on any atom is 0.338 e. The zero-order valence-electron chi connectivity index (χ0n) is 14.5. The van der Waals surface area contributed by atoms with Gasteiger partial charge in [-0.25, -0.2) is 13.2 Å². The number of rotatable bonds is 6. The van der Waals surface area contributed by atoms with Crippen LogP contribution in [0.3, 0.4) is 0 Å². The fourth-order valence-electron chi connectivity index (χ4n) is 2.89. The van der Waals surface area contributed by atoms with Crippen molar-refractivity contribution >= 4 is 27.4 Å². The van der Waals surface area contributed by atoms with Crippen molar-refractivity contribution in [2.75, 3.05) is 24.7 Å². The molecule has 1 aliphatic heterocycles. The van der Waals surface area contributed by atoms with Crippen LogP contribution in [-0.4, -0.2) is 60.8 Å². The van der Waals surface area contributed by atoms with E-state index < -0.39 is 39.3 Å². The van der Waals surface area contributed by atoms with Crippen LogP contribution in [0.1, 0.15) is 29.3 Å². The molecule has 0 saturated carbocycles. The van der Waals surface area contributed by atoms with Crippen LogP contribution in [0, 0.1) is 17.0 Å². The molecular formula is C16H20N2O7S. The molecule has 142 valence electrons. The first kappa shape index (κ1) is 19.8. The summed E-state index contributed by atoms with van der Waals surface area (Å²) in [6.07, 6.45) is 0.361. The number of nitro groups is 1. The first-order chi connectivity index (χ1) is 12.1. The Labute approximate surface area is 151 Å². The lowest BCUT2D eigenvalue weighted by molar-refractivity contribution is -0.385. The number of hydrogen-bond acceptors (Lipinski definition) is 7. The Hall–Kier alpha value is -2.49. The number of carbonyl (C=O) groups excluding carboxylic acids is 2. The van der Waals surface area contributed by atoms with E-state index in [0.29, 0.717) is 18.5 Å². The molecule has 0 radical (unpaired) electrons. The number of aryl methyl sites for hydroxylation is 1. The maximum atomic E-state index is 12.3. The van der Waals surface area contributed by atoms with Gasteiger partial charge in [0.15, 0.2) is 16.4 Å². The summed E-state index contributed by atoms with van der Waals surface area (Å²) in [5.41, 5.74) is 0.168. The average Bonchev–Trinajstić information content (AvgIpc) is 2.93. The van der Waals surface area contributed by atoms with Crippen molar-refractivity contribution in [1.82, 2.24) is 4.90 Å². The Morgan fingerprint density at radius 2 is 2.08 bits per heavy atom. The topological polar surface area (TPSA) is 124 Å². The summed E-state index contributed by atoms with van der Waals surface area (Å²) < 4.78 is 28.1. The van der Waals surface area contributed by atoms with Gasteiger partial charge in [-0.3, -0.25) is 14.9 Å². The van der Waals surface area contributed by atoms with E-state index in [1.807, 2.05) is 0 Å². The molecule has 1 amide bonds. The predicted molar refractivity (Wildman–Crippen MR) is 92.6 cm³/mol. The van der Waals surface area contributed by atoms with E-state index in [-0.39, 0.29) is 22.8 Å². The molecule has 26 heavy (non-hydrogen) atoms. The van der Waals surface area contributed by atoms with E-state index in [9.17, 15) is 28.1 Å². The highest BCUT2D eigenvalue weighted by molar-refractivity contribution is 7.91. The molecule has 1 fully saturated rings. The summed E-state index contributed by atoms with van der Waals surface area (Å²) in [6, 6.07) is 3.49. The van der Waals surface area contributed by atoms with E-state index in [2.05, 4.69) is 0 Å². The lowest BCUT2D eigenvalue weighted by Crippen LogP contribution is -2.43. The van der Waals surface area contributed by atoms with Gasteiger partial charge in [0.2, 0.25) is 0 Å². The molecule has 0 unspecified atom stereocenters. The monoisotopic (exact) mass is 384 g/mol. The summed E-state index contributed by atoms with van der Waals surface area (Å²) in [7, 11) is -3.14. The van der Waals surface area contributed by atoms with E-state index in [0.717, 1.165) is 6.07 Å². The van der Waals surface area contributed by atoms with Crippen molar-refractivity contribution in [3.8, 4) is 0 Å². The normalized spacial score (nSPS) is 18.3. The van der Waals surface area contributed by atoms with E-state index in [1.165, 1.54) is 17.0 Å². The summed E-state index contributed by atoms with van der Waals surface area (Å²) in [4.78, 5) is 36.1. The standard InChI is InChI=1S/C16H20N2O7S/c1-3-17(13-6-7-26(23,24)10-13)15(19)9-25-16(20)12-5-4-11(2)14(8-12)18(21)22/h4-5,8,13H,3,6-7,9-10H2,1-2H3/t13-/m1/s1. The fraction of sp³-hybridized carbons (Fsp3) is 0.500. The number of nitro benzene ring substituents is 1. The average molecular weight is 384 g/mol. The van der Waals surface area contributed by atoms with Crippen LogP contribution in [0.25, 0.3) is 0 Å². The second-order valence-corrected chi connectivity index (χ2v) is 8.30. The zero-order chi connectivity index (χ0) is 19.5. The molecule has 0 spiro atoms. The van der Waals surface area contributed by atoms with Crippen LogP contribution in [-0.2, 0) is 19.4 Å². The second kappa shape index (κ2) is 7.81. The molecule has 0 aromatic heterocycles. The van der Waals surface area contributed by atoms with Gasteiger partial charge < -0.3 is 9.64 Å². The van der Waals surface area contributed by atoms with Crippen molar-refractivity contribution < 1.29 is 27.7 Å². The third-order valence-corrected chi connectivity index (χ3v) is 6.03. The molecule has 2 rings (SSSR count). The van der Waals surface area contributed by atoms with Gasteiger partial charge in [0, 0.05) is 24.2 Å². The van der Waals surface area contributed by atoms with Gasteiger partial charge in [-0.1, -0.05) is 6.07 Å². The van der Waals surface area contributed by atoms with Crippen molar-refractivity contribution in [1.29, 1.82) is 0 Å². The lowest BCUT2D eigenvalue weighted by atomic mass is 10.1. The van der Waals surface area contributed by atoms with Gasteiger partial charge in [-0.15, -0.1) is 0 Å². The molecular weight excluding hydrogens is 364 g/mol. The Balaban J connectivity index is 2.01. The predicted octanol–water partition coefficient (Wildman–Crippen LogP) is 1.10. The number of amides is 1. The van der Waals surface area contributed by atoms with Crippen LogP contribution in [0.5, 0.6) is 0 Å². The molecule has 1 atom stereocenters. The Morgan fingerprint density at radius 3 is 2.62 bits per heavy atom. The summed E-state index contributed by atoms with van der Waals surface area (Å²) in [6.45, 7) is 3.01. The Morgan fingerprint density at radius 1 is 1.38 bits per heavy atom. The van der Waals surface area contributed by atoms with Crippen LogP contribution in [0.2, 0.25) is 0 Å². The quantitative estimate of drug-likeness (QED) is 0.408. The lowest BCUT2D eigenvalue weighted by Gasteiger charge is -2.26. The van der Waals surface area contributed by atoms with Gasteiger partial charge in [-0.05, 0) is 26.3 Å². The van der Waals surface area contributed by atoms with Crippen LogP contribution in [0.15, 0.2) is 18.2 Å². The smallest absolute Gasteiger partial charge is 0.338 e. The maximum absolute atomic E-state index is 12.3. The molecule has 0 N–H and O–H groups in total. The van der Waals surface area contributed by atoms with Gasteiger partial charge in [0.1, 0.15) is 0 Å². The highest BCUT2D eigenvalue weighted by atomic mass is 32.2. The third-order valence-electron chi connectivity index (χ3n) is 4.28. The minimum atomic E-state index is -3.14. The summed E-state index contributed by atoms with van der Waals surface area (Å²) in [5.74, 6) is -1.40. The molecule has 0 bridgehead atoms. The zero-order valence-corrected chi connectivity index (χ0v) is 15.3. The fourth-order valence-corrected chi connectivity index (χ4v) is 4.62. The number of ether oxygens (including phenoxy) is 1. The van der Waals surface area contributed by atoms with Crippen LogP contribution >= 0.6 is 0 Å². The van der Waals surface area contributed by atoms with Crippen molar-refractivity contribution in [2.24, 2.45) is 0 Å². The molecule has 9 nitrogen and oxygen atoms in total. The largest absolute Gasteiger partial charge is 0.452 e. The highest BCUT2D eigenvalue weighted by Gasteiger charge is 2.34. The molecule has 1 aromatic rings. The molecule has 1 aromatic carbocycles. The van der Waals surface area contributed by atoms with Crippen molar-refractivity contribution in [3.63, 3.8) is 0 Å². The first-order valence-corrected chi connectivity index (χ1v) is 9.89. The number of benzene rings is 1. The number of likely N-dealkylation sites (N-methyl/N-ethyl adjacent to an activating group) is 1. The highest BCUT2D eigenvalue weighted by Crippen LogP contribution is 2.20. The van der Waals surface area contributed by atoms with E-state index in [4.69, 9.17) is 4.74 Å². The summed E-state index contributed by atoms with van der Waals surface area (Å²) >= 11 is 0. The van der Waals surface area contributed by atoms with Crippen LogP contribution < -0.4 is 0 Å². The number of sulfone groups is 1. The number of carbonyl (C=O) groups is 2. The SMILES string of the molecule is CCN(C(=O)COC(=O)c1ccc(C)c([N+](=O)[O-])c1)[C@@H]1CCS(=O)(=O)C1. The van der Waals surface area contributed by atoms with Gasteiger partial charge in [0.05, 0.1) is 22.0 Å².